The maximum atomic E-state index is 6.29. The van der Waals surface area contributed by atoms with E-state index in [9.17, 15) is 0 Å². The second kappa shape index (κ2) is 9.03. The molecule has 144 valence electrons. The first-order valence-electron chi connectivity index (χ1n) is 9.44. The zero-order valence-electron chi connectivity index (χ0n) is 17.0. The van der Waals surface area contributed by atoms with E-state index in [0.29, 0.717) is 6.54 Å². The van der Waals surface area contributed by atoms with Gasteiger partial charge in [-0.25, -0.2) is 5.06 Å². The second-order valence-corrected chi connectivity index (χ2v) is 8.16. The number of aryl methyl sites for hydroxylation is 2. The van der Waals surface area contributed by atoms with Gasteiger partial charge in [-0.15, -0.1) is 0 Å². The molecule has 0 saturated heterocycles. The van der Waals surface area contributed by atoms with E-state index in [1.165, 1.54) is 21.6 Å². The molecule has 3 heteroatoms. The van der Waals surface area contributed by atoms with Crippen LogP contribution in [0.4, 0.5) is 5.69 Å². The quantitative estimate of drug-likeness (QED) is 0.499. The molecular weight excluding hydrogens is 362 g/mol. The summed E-state index contributed by atoms with van der Waals surface area (Å²) in [4.78, 5) is 7.50. The molecule has 28 heavy (non-hydrogen) atoms. The van der Waals surface area contributed by atoms with Gasteiger partial charge in [0.2, 0.25) is 0 Å². The van der Waals surface area contributed by atoms with E-state index in [1.807, 2.05) is 18.1 Å². The highest BCUT2D eigenvalue weighted by Crippen LogP contribution is 2.42. The minimum atomic E-state index is 0.709. The molecule has 1 aliphatic rings. The molecule has 0 N–H and O–H groups in total. The average Bonchev–Trinajstić information content (AvgIpc) is 2.69. The number of anilines is 1. The van der Waals surface area contributed by atoms with Crippen molar-refractivity contribution in [1.29, 1.82) is 0 Å². The third-order valence-corrected chi connectivity index (χ3v) is 5.60. The van der Waals surface area contributed by atoms with E-state index in [0.717, 1.165) is 21.9 Å². The Morgan fingerprint density at radius 1 is 1.07 bits per heavy atom. The highest BCUT2D eigenvalue weighted by molar-refractivity contribution is 8.03. The lowest BCUT2D eigenvalue weighted by Gasteiger charge is -2.32. The first-order valence-corrected chi connectivity index (χ1v) is 10.3. The fourth-order valence-electron chi connectivity index (χ4n) is 2.90. The Labute approximate surface area is 172 Å². The number of hydrogen-bond acceptors (Lipinski definition) is 3. The number of benzene rings is 2. The molecule has 0 atom stereocenters. The predicted octanol–water partition coefficient (Wildman–Crippen LogP) is 7.27. The summed E-state index contributed by atoms with van der Waals surface area (Å²) in [5.41, 5.74) is 7.19. The van der Waals surface area contributed by atoms with Crippen LogP contribution in [0.15, 0.2) is 94.5 Å². The number of nitrogens with zero attached hydrogens (tertiary/aromatic N) is 1. The normalized spacial score (nSPS) is 16.0. The fourth-order valence-corrected chi connectivity index (χ4v) is 3.91. The first kappa shape index (κ1) is 20.1. The third kappa shape index (κ3) is 4.99. The van der Waals surface area contributed by atoms with Crippen molar-refractivity contribution in [2.75, 3.05) is 5.06 Å². The largest absolute Gasteiger partial charge is 0.372 e. The number of hydrogen-bond donors (Lipinski definition) is 0. The lowest BCUT2D eigenvalue weighted by molar-refractivity contribution is 0.195. The Morgan fingerprint density at radius 2 is 1.82 bits per heavy atom. The molecule has 1 heterocycles. The van der Waals surface area contributed by atoms with Crippen LogP contribution >= 0.6 is 11.8 Å². The number of hydroxylamine groups is 1. The van der Waals surface area contributed by atoms with Crippen molar-refractivity contribution in [3.05, 3.63) is 106 Å². The standard InChI is InChI=1S/C25H27NOS/c1-6-18(2)11-12-20(4)16-25-27-26(23-9-7-8-10-24(23)28-25)17-22-15-19(3)13-14-21(22)5/h6-16H,1,17H2,2-5H3/b18-11-,20-12+,25-16-. The van der Waals surface area contributed by atoms with Gasteiger partial charge in [-0.1, -0.05) is 66.3 Å². The van der Waals surface area contributed by atoms with E-state index in [4.69, 9.17) is 4.84 Å². The van der Waals surface area contributed by atoms with Gasteiger partial charge in [0.05, 0.1) is 12.2 Å². The monoisotopic (exact) mass is 389 g/mol. The van der Waals surface area contributed by atoms with E-state index < -0.39 is 0 Å². The summed E-state index contributed by atoms with van der Waals surface area (Å²) in [5.74, 6) is 0. The second-order valence-electron chi connectivity index (χ2n) is 7.12. The van der Waals surface area contributed by atoms with Crippen molar-refractivity contribution < 1.29 is 4.84 Å². The Bertz CT molecular complexity index is 968. The molecule has 3 rings (SSSR count). The Hall–Kier alpha value is -2.65. The fraction of sp³-hybridized carbons (Fsp3) is 0.200. The smallest absolute Gasteiger partial charge is 0.193 e. The summed E-state index contributed by atoms with van der Waals surface area (Å²) in [7, 11) is 0. The van der Waals surface area contributed by atoms with Gasteiger partial charge in [0.25, 0.3) is 0 Å². The van der Waals surface area contributed by atoms with E-state index >= 15 is 0 Å². The van der Waals surface area contributed by atoms with Gasteiger partial charge in [0.15, 0.2) is 5.09 Å². The molecule has 0 fully saturated rings. The molecule has 2 aromatic carbocycles. The van der Waals surface area contributed by atoms with Crippen molar-refractivity contribution >= 4 is 17.4 Å². The predicted molar refractivity (Wildman–Crippen MR) is 121 cm³/mol. The van der Waals surface area contributed by atoms with Gasteiger partial charge >= 0.3 is 0 Å². The number of fused-ring (bicyclic) bond motifs is 1. The Morgan fingerprint density at radius 3 is 2.61 bits per heavy atom. The van der Waals surface area contributed by atoms with Crippen LogP contribution < -0.4 is 5.06 Å². The summed E-state index contributed by atoms with van der Waals surface area (Å²) < 4.78 is 0. The number of thioether (sulfide) groups is 1. The molecule has 0 aromatic heterocycles. The van der Waals surface area contributed by atoms with E-state index in [2.05, 4.69) is 88.0 Å². The minimum Gasteiger partial charge on any atom is -0.372 e. The third-order valence-electron chi connectivity index (χ3n) is 4.64. The van der Waals surface area contributed by atoms with E-state index in [1.54, 1.807) is 11.8 Å². The van der Waals surface area contributed by atoms with Gasteiger partial charge in [-0.2, -0.15) is 0 Å². The van der Waals surface area contributed by atoms with Crippen molar-refractivity contribution in [3.8, 4) is 0 Å². The maximum absolute atomic E-state index is 6.29. The zero-order valence-corrected chi connectivity index (χ0v) is 17.8. The molecule has 2 aromatic rings. The number of allylic oxidation sites excluding steroid dienone is 6. The molecule has 0 unspecified atom stereocenters. The van der Waals surface area contributed by atoms with Crippen LogP contribution in [-0.4, -0.2) is 0 Å². The highest BCUT2D eigenvalue weighted by atomic mass is 32.2. The number of para-hydroxylation sites is 1. The highest BCUT2D eigenvalue weighted by Gasteiger charge is 2.23. The van der Waals surface area contributed by atoms with Crippen LogP contribution in [0.5, 0.6) is 0 Å². The summed E-state index contributed by atoms with van der Waals surface area (Å²) in [6, 6.07) is 15.0. The number of rotatable bonds is 5. The molecule has 2 nitrogen and oxygen atoms in total. The molecular formula is C25H27NOS. The van der Waals surface area contributed by atoms with Crippen molar-refractivity contribution in [2.45, 2.75) is 39.1 Å². The van der Waals surface area contributed by atoms with Crippen molar-refractivity contribution in [1.82, 2.24) is 0 Å². The summed E-state index contributed by atoms with van der Waals surface area (Å²) >= 11 is 1.66. The van der Waals surface area contributed by atoms with Crippen LogP contribution in [0, 0.1) is 13.8 Å². The molecule has 0 bridgehead atoms. The summed E-state index contributed by atoms with van der Waals surface area (Å²) in [6.45, 7) is 12.9. The maximum Gasteiger partial charge on any atom is 0.193 e. The average molecular weight is 390 g/mol. The van der Waals surface area contributed by atoms with Gasteiger partial charge in [0.1, 0.15) is 0 Å². The topological polar surface area (TPSA) is 12.5 Å². The lowest BCUT2D eigenvalue weighted by Crippen LogP contribution is -2.26. The zero-order chi connectivity index (χ0) is 20.1. The molecule has 1 aliphatic heterocycles. The van der Waals surface area contributed by atoms with Gasteiger partial charge < -0.3 is 4.84 Å². The van der Waals surface area contributed by atoms with Gasteiger partial charge in [0, 0.05) is 4.90 Å². The van der Waals surface area contributed by atoms with E-state index in [-0.39, 0.29) is 0 Å². The molecule has 0 radical (unpaired) electrons. The molecule has 0 spiro atoms. The molecule has 0 amide bonds. The minimum absolute atomic E-state index is 0.709. The SMILES string of the molecule is C=C\C(C)=C/C=C(C)/C=C1/ON(Cc2cc(C)ccc2C)c2ccccc2S1. The first-order chi connectivity index (χ1) is 13.5. The van der Waals surface area contributed by atoms with Crippen LogP contribution in [0.3, 0.4) is 0 Å². The van der Waals surface area contributed by atoms with Crippen LogP contribution in [-0.2, 0) is 11.4 Å². The van der Waals surface area contributed by atoms with Crippen molar-refractivity contribution in [2.24, 2.45) is 0 Å². The van der Waals surface area contributed by atoms with Gasteiger partial charge in [-0.3, -0.25) is 0 Å². The molecule has 0 saturated carbocycles. The van der Waals surface area contributed by atoms with Crippen LogP contribution in [0.1, 0.15) is 30.5 Å². The van der Waals surface area contributed by atoms with Crippen molar-refractivity contribution in [3.63, 3.8) is 0 Å². The summed E-state index contributed by atoms with van der Waals surface area (Å²) in [5, 5.41) is 2.87. The lowest BCUT2D eigenvalue weighted by atomic mass is 10.1. The van der Waals surface area contributed by atoms with Gasteiger partial charge in [-0.05, 0) is 74.4 Å². The van der Waals surface area contributed by atoms with Crippen LogP contribution in [0.25, 0.3) is 0 Å². The summed E-state index contributed by atoms with van der Waals surface area (Å²) in [6.07, 6.45) is 8.09. The Kier molecular flexibility index (Phi) is 6.48. The Balaban J connectivity index is 1.91. The molecule has 0 aliphatic carbocycles. The van der Waals surface area contributed by atoms with Crippen LogP contribution in [0.2, 0.25) is 0 Å².